The summed E-state index contributed by atoms with van der Waals surface area (Å²) in [6.07, 6.45) is 0. The predicted molar refractivity (Wildman–Crippen MR) is 85.7 cm³/mol. The summed E-state index contributed by atoms with van der Waals surface area (Å²) in [6.45, 7) is 1.37. The molecule has 2 aromatic carbocycles. The van der Waals surface area contributed by atoms with E-state index >= 15 is 0 Å². The number of rotatable bonds is 5. The van der Waals surface area contributed by atoms with Crippen LogP contribution in [0.25, 0.3) is 0 Å². The molecule has 2 N–H and O–H groups in total. The van der Waals surface area contributed by atoms with Gasteiger partial charge in [0.15, 0.2) is 5.78 Å². The molecule has 2 rings (SSSR count). The van der Waals surface area contributed by atoms with Crippen molar-refractivity contribution in [2.75, 3.05) is 4.72 Å². The van der Waals surface area contributed by atoms with Crippen LogP contribution in [0.3, 0.4) is 0 Å². The summed E-state index contributed by atoms with van der Waals surface area (Å²) in [5.41, 5.74) is 0.240. The van der Waals surface area contributed by atoms with Crippen molar-refractivity contribution >= 4 is 39.1 Å². The van der Waals surface area contributed by atoms with E-state index in [1.807, 2.05) is 0 Å². The van der Waals surface area contributed by atoms with Gasteiger partial charge in [-0.2, -0.15) is 0 Å². The zero-order valence-electron chi connectivity index (χ0n) is 11.9. The highest BCUT2D eigenvalue weighted by Crippen LogP contribution is 2.23. The van der Waals surface area contributed by atoms with Crippen molar-refractivity contribution in [2.24, 2.45) is 0 Å². The Morgan fingerprint density at radius 2 is 1.83 bits per heavy atom. The number of halogens is 1. The smallest absolute Gasteiger partial charge is 0.337 e. The molecule has 0 spiro atoms. The van der Waals surface area contributed by atoms with Crippen LogP contribution in [0.15, 0.2) is 47.4 Å². The number of Topliss-reactive ketones (excluding diaryl/α,β-unsaturated/α-hetero) is 1. The fourth-order valence-electron chi connectivity index (χ4n) is 1.85. The van der Waals surface area contributed by atoms with Crippen LogP contribution in [0.1, 0.15) is 27.6 Å². The second-order valence-corrected chi connectivity index (χ2v) is 6.78. The predicted octanol–water partition coefficient (Wildman–Crippen LogP) is 3.04. The third kappa shape index (κ3) is 3.88. The Morgan fingerprint density at radius 3 is 2.43 bits per heavy atom. The van der Waals surface area contributed by atoms with Gasteiger partial charge in [-0.1, -0.05) is 23.7 Å². The lowest BCUT2D eigenvalue weighted by molar-refractivity contribution is 0.0696. The molecule has 0 saturated carbocycles. The SMILES string of the molecule is CC(=O)c1cccc(NS(=O)(=O)c2ccc(Cl)c(C(=O)O)c2)c1. The van der Waals surface area contributed by atoms with Crippen LogP contribution in [0.5, 0.6) is 0 Å². The summed E-state index contributed by atoms with van der Waals surface area (Å²) in [5.74, 6) is -1.53. The van der Waals surface area contributed by atoms with E-state index in [0.29, 0.717) is 5.56 Å². The summed E-state index contributed by atoms with van der Waals surface area (Å²) < 4.78 is 27.0. The molecule has 6 nitrogen and oxygen atoms in total. The quantitative estimate of drug-likeness (QED) is 0.804. The maximum atomic E-state index is 12.3. The van der Waals surface area contributed by atoms with E-state index in [-0.39, 0.29) is 27.0 Å². The molecule has 0 aliphatic heterocycles. The second kappa shape index (κ2) is 6.39. The molecule has 0 amide bonds. The lowest BCUT2D eigenvalue weighted by Gasteiger charge is -2.10. The number of hydrogen-bond acceptors (Lipinski definition) is 4. The molecule has 0 atom stereocenters. The van der Waals surface area contributed by atoms with E-state index in [1.165, 1.54) is 31.2 Å². The van der Waals surface area contributed by atoms with Crippen molar-refractivity contribution in [1.29, 1.82) is 0 Å². The van der Waals surface area contributed by atoms with Gasteiger partial charge in [-0.15, -0.1) is 0 Å². The number of hydrogen-bond donors (Lipinski definition) is 2. The number of ketones is 1. The Morgan fingerprint density at radius 1 is 1.13 bits per heavy atom. The van der Waals surface area contributed by atoms with Crippen molar-refractivity contribution in [2.45, 2.75) is 11.8 Å². The lowest BCUT2D eigenvalue weighted by Crippen LogP contribution is -2.14. The van der Waals surface area contributed by atoms with Gasteiger partial charge < -0.3 is 5.11 Å². The van der Waals surface area contributed by atoms with E-state index in [1.54, 1.807) is 12.1 Å². The highest BCUT2D eigenvalue weighted by Gasteiger charge is 2.18. The van der Waals surface area contributed by atoms with Crippen molar-refractivity contribution in [1.82, 2.24) is 0 Å². The first-order valence-electron chi connectivity index (χ1n) is 6.37. The molecule has 0 heterocycles. The Labute approximate surface area is 137 Å². The van der Waals surface area contributed by atoms with Gasteiger partial charge in [0, 0.05) is 11.3 Å². The van der Waals surface area contributed by atoms with Gasteiger partial charge in [-0.25, -0.2) is 13.2 Å². The largest absolute Gasteiger partial charge is 0.478 e. The molecule has 0 radical (unpaired) electrons. The number of anilines is 1. The lowest BCUT2D eigenvalue weighted by atomic mass is 10.1. The van der Waals surface area contributed by atoms with Gasteiger partial charge in [0.05, 0.1) is 15.5 Å². The first-order valence-corrected chi connectivity index (χ1v) is 8.23. The van der Waals surface area contributed by atoms with E-state index in [0.717, 1.165) is 6.07 Å². The molecule has 0 aliphatic rings. The fraction of sp³-hybridized carbons (Fsp3) is 0.0667. The van der Waals surface area contributed by atoms with E-state index in [2.05, 4.69) is 4.72 Å². The van der Waals surface area contributed by atoms with Crippen LogP contribution in [0.4, 0.5) is 5.69 Å². The number of carbonyl (C=O) groups is 2. The van der Waals surface area contributed by atoms with Crippen molar-refractivity contribution in [3.63, 3.8) is 0 Å². The molecular formula is C15H12ClNO5S. The van der Waals surface area contributed by atoms with Crippen LogP contribution in [0.2, 0.25) is 5.02 Å². The first-order chi connectivity index (χ1) is 10.7. The Bertz CT molecular complexity index is 892. The standard InChI is InChI=1S/C15H12ClNO5S/c1-9(18)10-3-2-4-11(7-10)17-23(21,22)12-5-6-14(16)13(8-12)15(19)20/h2-8,17H,1H3,(H,19,20). The zero-order valence-corrected chi connectivity index (χ0v) is 13.5. The number of sulfonamides is 1. The zero-order chi connectivity index (χ0) is 17.2. The number of carboxylic acids is 1. The number of carboxylic acid groups (broad SMARTS) is 1. The average Bonchev–Trinajstić information content (AvgIpc) is 2.46. The van der Waals surface area contributed by atoms with Crippen LogP contribution in [-0.4, -0.2) is 25.3 Å². The maximum absolute atomic E-state index is 12.3. The topological polar surface area (TPSA) is 101 Å². The van der Waals surface area contributed by atoms with Crippen molar-refractivity contribution in [3.05, 3.63) is 58.6 Å². The van der Waals surface area contributed by atoms with E-state index < -0.39 is 16.0 Å². The van der Waals surface area contributed by atoms with Crippen LogP contribution in [0, 0.1) is 0 Å². The van der Waals surface area contributed by atoms with Crippen molar-refractivity contribution in [3.8, 4) is 0 Å². The molecule has 23 heavy (non-hydrogen) atoms. The number of carbonyl (C=O) groups excluding carboxylic acids is 1. The Hall–Kier alpha value is -2.38. The molecule has 120 valence electrons. The van der Waals surface area contributed by atoms with Crippen molar-refractivity contribution < 1.29 is 23.1 Å². The highest BCUT2D eigenvalue weighted by molar-refractivity contribution is 7.92. The summed E-state index contributed by atoms with van der Waals surface area (Å²) >= 11 is 5.72. The molecule has 0 aromatic heterocycles. The first kappa shape index (κ1) is 17.0. The Kier molecular flexibility index (Phi) is 4.72. The van der Waals surface area contributed by atoms with Gasteiger partial charge in [-0.3, -0.25) is 9.52 Å². The molecule has 0 fully saturated rings. The molecule has 0 saturated heterocycles. The normalized spacial score (nSPS) is 11.0. The number of nitrogens with one attached hydrogen (secondary N) is 1. The van der Waals surface area contributed by atoms with Crippen LogP contribution in [-0.2, 0) is 10.0 Å². The third-order valence-electron chi connectivity index (χ3n) is 3.00. The minimum absolute atomic E-state index is 0.0602. The summed E-state index contributed by atoms with van der Waals surface area (Å²) in [4.78, 5) is 22.1. The Balaban J connectivity index is 2.40. The van der Waals surface area contributed by atoms with Crippen LogP contribution >= 0.6 is 11.6 Å². The van der Waals surface area contributed by atoms with Gasteiger partial charge in [0.1, 0.15) is 0 Å². The minimum Gasteiger partial charge on any atom is -0.478 e. The molecule has 0 unspecified atom stereocenters. The summed E-state index contributed by atoms with van der Waals surface area (Å²) in [7, 11) is -4.01. The van der Waals surface area contributed by atoms with Gasteiger partial charge in [0.25, 0.3) is 10.0 Å². The van der Waals surface area contributed by atoms with Gasteiger partial charge in [0.2, 0.25) is 0 Å². The summed E-state index contributed by atoms with van der Waals surface area (Å²) in [6, 6.07) is 9.36. The fourth-order valence-corrected chi connectivity index (χ4v) is 3.12. The van der Waals surface area contributed by atoms with Crippen LogP contribution < -0.4 is 4.72 Å². The molecular weight excluding hydrogens is 342 g/mol. The number of aromatic carboxylic acids is 1. The molecule has 0 aliphatic carbocycles. The monoisotopic (exact) mass is 353 g/mol. The second-order valence-electron chi connectivity index (χ2n) is 4.69. The number of benzene rings is 2. The molecule has 0 bridgehead atoms. The summed E-state index contributed by atoms with van der Waals surface area (Å²) in [5, 5.41) is 8.95. The van der Waals surface area contributed by atoms with E-state index in [4.69, 9.17) is 16.7 Å². The molecule has 2 aromatic rings. The maximum Gasteiger partial charge on any atom is 0.337 e. The minimum atomic E-state index is -4.01. The molecule has 8 heteroatoms. The van der Waals surface area contributed by atoms with E-state index in [9.17, 15) is 18.0 Å². The van der Waals surface area contributed by atoms with Gasteiger partial charge in [-0.05, 0) is 37.3 Å². The van der Waals surface area contributed by atoms with Gasteiger partial charge >= 0.3 is 5.97 Å². The average molecular weight is 354 g/mol. The highest BCUT2D eigenvalue weighted by atomic mass is 35.5. The third-order valence-corrected chi connectivity index (χ3v) is 4.71.